The SMILES string of the molecule is C=CCC(=O)c1ccccn1.Cl. The summed E-state index contributed by atoms with van der Waals surface area (Å²) in [4.78, 5) is 15.0. The van der Waals surface area contributed by atoms with Gasteiger partial charge in [0.2, 0.25) is 0 Å². The van der Waals surface area contributed by atoms with Crippen LogP contribution >= 0.6 is 12.4 Å². The van der Waals surface area contributed by atoms with Crippen LogP contribution in [-0.4, -0.2) is 10.8 Å². The third-order valence-corrected chi connectivity index (χ3v) is 1.28. The molecule has 0 fully saturated rings. The third-order valence-electron chi connectivity index (χ3n) is 1.28. The van der Waals surface area contributed by atoms with Crippen molar-refractivity contribution in [2.45, 2.75) is 6.42 Å². The molecule has 0 aromatic carbocycles. The lowest BCUT2D eigenvalue weighted by Crippen LogP contribution is -1.98. The number of pyridine rings is 1. The van der Waals surface area contributed by atoms with Crippen molar-refractivity contribution in [3.8, 4) is 0 Å². The molecule has 0 atom stereocenters. The predicted molar refractivity (Wildman–Crippen MR) is 50.6 cm³/mol. The molecule has 0 aliphatic heterocycles. The standard InChI is InChI=1S/C9H9NO.ClH/c1-2-5-9(11)8-6-3-4-7-10-8;/h2-4,6-7H,1,5H2;1H. The van der Waals surface area contributed by atoms with Crippen LogP contribution in [-0.2, 0) is 0 Å². The van der Waals surface area contributed by atoms with E-state index in [2.05, 4.69) is 11.6 Å². The summed E-state index contributed by atoms with van der Waals surface area (Å²) in [5.41, 5.74) is 0.507. The van der Waals surface area contributed by atoms with E-state index in [4.69, 9.17) is 0 Å². The van der Waals surface area contributed by atoms with E-state index in [-0.39, 0.29) is 18.2 Å². The topological polar surface area (TPSA) is 30.0 Å². The molecule has 0 N–H and O–H groups in total. The van der Waals surface area contributed by atoms with Crippen molar-refractivity contribution >= 4 is 18.2 Å². The molecule has 1 heterocycles. The molecule has 64 valence electrons. The van der Waals surface area contributed by atoms with E-state index in [0.29, 0.717) is 12.1 Å². The molecule has 0 aliphatic carbocycles. The van der Waals surface area contributed by atoms with Gasteiger partial charge in [0.25, 0.3) is 0 Å². The lowest BCUT2D eigenvalue weighted by molar-refractivity contribution is 0.0991. The number of hydrogen-bond donors (Lipinski definition) is 0. The van der Waals surface area contributed by atoms with Crippen LogP contribution in [0.15, 0.2) is 37.1 Å². The normalized spacial score (nSPS) is 8.33. The summed E-state index contributed by atoms with van der Waals surface area (Å²) in [6.45, 7) is 3.48. The van der Waals surface area contributed by atoms with E-state index in [1.54, 1.807) is 30.5 Å². The van der Waals surface area contributed by atoms with Crippen LogP contribution in [0, 0.1) is 0 Å². The summed E-state index contributed by atoms with van der Waals surface area (Å²) in [5, 5.41) is 0. The van der Waals surface area contributed by atoms with Crippen molar-refractivity contribution in [1.82, 2.24) is 4.98 Å². The van der Waals surface area contributed by atoms with Crippen molar-refractivity contribution < 1.29 is 4.79 Å². The fourth-order valence-electron chi connectivity index (χ4n) is 0.763. The van der Waals surface area contributed by atoms with Gasteiger partial charge in [0, 0.05) is 12.6 Å². The number of rotatable bonds is 3. The first-order valence-corrected chi connectivity index (χ1v) is 3.39. The summed E-state index contributed by atoms with van der Waals surface area (Å²) in [6.07, 6.45) is 3.55. The number of carbonyl (C=O) groups is 1. The highest BCUT2D eigenvalue weighted by Gasteiger charge is 2.01. The molecule has 0 aliphatic rings. The number of hydrogen-bond acceptors (Lipinski definition) is 2. The molecule has 12 heavy (non-hydrogen) atoms. The second kappa shape index (κ2) is 5.49. The minimum absolute atomic E-state index is 0. The predicted octanol–water partition coefficient (Wildman–Crippen LogP) is 2.26. The van der Waals surface area contributed by atoms with Gasteiger partial charge in [-0.1, -0.05) is 12.1 Å². The largest absolute Gasteiger partial charge is 0.292 e. The van der Waals surface area contributed by atoms with Gasteiger partial charge < -0.3 is 0 Å². The van der Waals surface area contributed by atoms with Gasteiger partial charge in [-0.05, 0) is 12.1 Å². The Morgan fingerprint density at radius 1 is 1.58 bits per heavy atom. The van der Waals surface area contributed by atoms with Crippen molar-refractivity contribution in [2.24, 2.45) is 0 Å². The Hall–Kier alpha value is -1.15. The highest BCUT2D eigenvalue weighted by atomic mass is 35.5. The highest BCUT2D eigenvalue weighted by Crippen LogP contribution is 1.98. The molecule has 0 saturated heterocycles. The summed E-state index contributed by atoms with van der Waals surface area (Å²) >= 11 is 0. The zero-order chi connectivity index (χ0) is 8.10. The van der Waals surface area contributed by atoms with Crippen LogP contribution in [0.4, 0.5) is 0 Å². The third kappa shape index (κ3) is 2.84. The molecular weight excluding hydrogens is 174 g/mol. The van der Waals surface area contributed by atoms with Crippen LogP contribution in [0.1, 0.15) is 16.9 Å². The summed E-state index contributed by atoms with van der Waals surface area (Å²) in [6, 6.07) is 5.28. The maximum Gasteiger partial charge on any atom is 0.184 e. The van der Waals surface area contributed by atoms with Crippen molar-refractivity contribution in [1.29, 1.82) is 0 Å². The number of carbonyl (C=O) groups excluding carboxylic acids is 1. The molecule has 1 aromatic rings. The smallest absolute Gasteiger partial charge is 0.184 e. The number of Topliss-reactive ketones (excluding diaryl/α,β-unsaturated/α-hetero) is 1. The fraction of sp³-hybridized carbons (Fsp3) is 0.111. The highest BCUT2D eigenvalue weighted by molar-refractivity contribution is 5.94. The number of aromatic nitrogens is 1. The lowest BCUT2D eigenvalue weighted by Gasteiger charge is -1.93. The Bertz CT molecular complexity index is 258. The number of ketones is 1. The van der Waals surface area contributed by atoms with Crippen LogP contribution in [0.5, 0.6) is 0 Å². The Kier molecular flexibility index (Phi) is 4.97. The Morgan fingerprint density at radius 3 is 2.83 bits per heavy atom. The summed E-state index contributed by atoms with van der Waals surface area (Å²) in [7, 11) is 0. The molecule has 1 rings (SSSR count). The van der Waals surface area contributed by atoms with E-state index in [1.807, 2.05) is 0 Å². The first-order chi connectivity index (χ1) is 5.34. The van der Waals surface area contributed by atoms with Gasteiger partial charge in [0.15, 0.2) is 5.78 Å². The fourth-order valence-corrected chi connectivity index (χ4v) is 0.763. The van der Waals surface area contributed by atoms with Crippen LogP contribution < -0.4 is 0 Å². The van der Waals surface area contributed by atoms with Gasteiger partial charge >= 0.3 is 0 Å². The average Bonchev–Trinajstić information content (AvgIpc) is 2.07. The zero-order valence-electron chi connectivity index (χ0n) is 6.56. The van der Waals surface area contributed by atoms with E-state index in [9.17, 15) is 4.79 Å². The van der Waals surface area contributed by atoms with Gasteiger partial charge in [-0.2, -0.15) is 0 Å². The maximum atomic E-state index is 11.1. The Labute approximate surface area is 77.7 Å². The molecule has 3 heteroatoms. The van der Waals surface area contributed by atoms with Gasteiger partial charge in [0.05, 0.1) is 0 Å². The molecular formula is C9H10ClNO. The average molecular weight is 184 g/mol. The zero-order valence-corrected chi connectivity index (χ0v) is 7.38. The first kappa shape index (κ1) is 10.8. The van der Waals surface area contributed by atoms with Gasteiger partial charge in [-0.15, -0.1) is 19.0 Å². The van der Waals surface area contributed by atoms with Crippen LogP contribution in [0.2, 0.25) is 0 Å². The quantitative estimate of drug-likeness (QED) is 0.532. The molecule has 0 amide bonds. The van der Waals surface area contributed by atoms with Crippen molar-refractivity contribution in [3.63, 3.8) is 0 Å². The van der Waals surface area contributed by atoms with Crippen molar-refractivity contribution in [2.75, 3.05) is 0 Å². The second-order valence-electron chi connectivity index (χ2n) is 2.13. The van der Waals surface area contributed by atoms with Crippen LogP contribution in [0.3, 0.4) is 0 Å². The first-order valence-electron chi connectivity index (χ1n) is 3.39. The molecule has 0 bridgehead atoms. The molecule has 1 aromatic heterocycles. The summed E-state index contributed by atoms with van der Waals surface area (Å²) in [5.74, 6) is 0.0144. The van der Waals surface area contributed by atoms with Gasteiger partial charge in [-0.25, -0.2) is 0 Å². The second-order valence-corrected chi connectivity index (χ2v) is 2.13. The summed E-state index contributed by atoms with van der Waals surface area (Å²) < 4.78 is 0. The monoisotopic (exact) mass is 183 g/mol. The van der Waals surface area contributed by atoms with Gasteiger partial charge in [-0.3, -0.25) is 9.78 Å². The van der Waals surface area contributed by atoms with E-state index in [1.165, 1.54) is 0 Å². The Morgan fingerprint density at radius 2 is 2.33 bits per heavy atom. The molecule has 0 radical (unpaired) electrons. The maximum absolute atomic E-state index is 11.1. The van der Waals surface area contributed by atoms with Crippen LogP contribution in [0.25, 0.3) is 0 Å². The Balaban J connectivity index is 0.00000121. The molecule has 0 unspecified atom stereocenters. The lowest BCUT2D eigenvalue weighted by atomic mass is 10.2. The molecule has 0 spiro atoms. The number of halogens is 1. The number of nitrogens with zero attached hydrogens (tertiary/aromatic N) is 1. The van der Waals surface area contributed by atoms with E-state index >= 15 is 0 Å². The minimum Gasteiger partial charge on any atom is -0.292 e. The number of allylic oxidation sites excluding steroid dienone is 1. The molecule has 0 saturated carbocycles. The minimum atomic E-state index is 0. The van der Waals surface area contributed by atoms with E-state index < -0.39 is 0 Å². The van der Waals surface area contributed by atoms with Gasteiger partial charge in [0.1, 0.15) is 5.69 Å². The van der Waals surface area contributed by atoms with E-state index in [0.717, 1.165) is 0 Å². The molecule has 2 nitrogen and oxygen atoms in total. The van der Waals surface area contributed by atoms with Crippen molar-refractivity contribution in [3.05, 3.63) is 42.7 Å².